The minimum atomic E-state index is -1.17. The number of ether oxygens (including phenoxy) is 2. The quantitative estimate of drug-likeness (QED) is 0.634. The first kappa shape index (κ1) is 20.4. The van der Waals surface area contributed by atoms with Crippen LogP contribution in [-0.2, 0) is 27.7 Å². The molecule has 28 heavy (non-hydrogen) atoms. The molecule has 1 saturated heterocycles. The van der Waals surface area contributed by atoms with Gasteiger partial charge in [-0.2, -0.15) is 0 Å². The highest BCUT2D eigenvalue weighted by Crippen LogP contribution is 2.34. The molecule has 1 aliphatic carbocycles. The van der Waals surface area contributed by atoms with Crippen LogP contribution >= 0.6 is 0 Å². The molecule has 150 valence electrons. The summed E-state index contributed by atoms with van der Waals surface area (Å²) in [6.45, 7) is 6.79. The Morgan fingerprint density at radius 3 is 2.75 bits per heavy atom. The van der Waals surface area contributed by atoms with Gasteiger partial charge in [-0.1, -0.05) is 17.4 Å². The van der Waals surface area contributed by atoms with Crippen molar-refractivity contribution in [2.75, 3.05) is 19.8 Å². The summed E-state index contributed by atoms with van der Waals surface area (Å²) >= 11 is 0. The lowest BCUT2D eigenvalue weighted by Gasteiger charge is -2.31. The summed E-state index contributed by atoms with van der Waals surface area (Å²) in [7, 11) is 1.67. The number of esters is 1. The summed E-state index contributed by atoms with van der Waals surface area (Å²) in [4.78, 5) is 25.1. The maximum absolute atomic E-state index is 12.6. The molecule has 0 amide bonds. The zero-order valence-corrected chi connectivity index (χ0v) is 16.9. The number of rotatable bonds is 3. The van der Waals surface area contributed by atoms with Crippen LogP contribution in [0.1, 0.15) is 50.3 Å². The molecule has 6 nitrogen and oxygen atoms in total. The normalized spacial score (nSPS) is 18.9. The van der Waals surface area contributed by atoms with Crippen LogP contribution < -0.4 is 5.56 Å². The molecule has 1 aromatic heterocycles. The summed E-state index contributed by atoms with van der Waals surface area (Å²) < 4.78 is 12.0. The molecular formula is C22H27NO5. The Kier molecular flexibility index (Phi) is 5.78. The van der Waals surface area contributed by atoms with E-state index in [0.717, 1.165) is 18.4 Å². The van der Waals surface area contributed by atoms with Gasteiger partial charge in [0.15, 0.2) is 0 Å². The number of hydrogen-bond donors (Lipinski definition) is 1. The predicted molar refractivity (Wildman–Crippen MR) is 106 cm³/mol. The highest BCUT2D eigenvalue weighted by atomic mass is 16.5. The highest BCUT2D eigenvalue weighted by Gasteiger charge is 2.33. The summed E-state index contributed by atoms with van der Waals surface area (Å²) in [5.74, 6) is 5.63. The van der Waals surface area contributed by atoms with Gasteiger partial charge in [0.25, 0.3) is 5.56 Å². The van der Waals surface area contributed by atoms with E-state index in [9.17, 15) is 14.7 Å². The number of carbonyl (C=O) groups excluding carboxylic acids is 1. The van der Waals surface area contributed by atoms with Crippen LogP contribution in [0.4, 0.5) is 0 Å². The number of allylic oxidation sites excluding steroid dienone is 1. The summed E-state index contributed by atoms with van der Waals surface area (Å²) in [5.41, 5.74) is 1.57. The van der Waals surface area contributed by atoms with Gasteiger partial charge < -0.3 is 19.1 Å². The first-order valence-corrected chi connectivity index (χ1v) is 9.69. The Morgan fingerprint density at radius 2 is 2.11 bits per heavy atom. The molecule has 0 radical (unpaired) electrons. The van der Waals surface area contributed by atoms with Crippen LogP contribution in [0.15, 0.2) is 16.6 Å². The van der Waals surface area contributed by atoms with Crippen molar-refractivity contribution in [3.8, 4) is 11.8 Å². The number of nitrogens with zero attached hydrogens (tertiary/aromatic N) is 1. The van der Waals surface area contributed by atoms with Gasteiger partial charge in [-0.3, -0.25) is 4.79 Å². The minimum Gasteiger partial charge on any atom is -0.462 e. The van der Waals surface area contributed by atoms with Crippen LogP contribution in [0.25, 0.3) is 5.57 Å². The van der Waals surface area contributed by atoms with E-state index in [2.05, 4.69) is 11.8 Å². The van der Waals surface area contributed by atoms with Crippen molar-refractivity contribution < 1.29 is 19.4 Å². The Hall–Kier alpha value is -2.36. The number of carbonyl (C=O) groups is 1. The van der Waals surface area contributed by atoms with Crippen LogP contribution in [-0.4, -0.2) is 41.1 Å². The summed E-state index contributed by atoms with van der Waals surface area (Å²) in [6, 6.07) is 0. The summed E-state index contributed by atoms with van der Waals surface area (Å²) in [6.07, 6.45) is 3.54. The first-order valence-electron chi connectivity index (χ1n) is 9.69. The zero-order valence-electron chi connectivity index (χ0n) is 16.9. The smallest absolute Gasteiger partial charge is 0.338 e. The van der Waals surface area contributed by atoms with Crippen LogP contribution in [0, 0.1) is 17.8 Å². The third-order valence-electron chi connectivity index (χ3n) is 5.54. The van der Waals surface area contributed by atoms with Crippen molar-refractivity contribution in [1.29, 1.82) is 0 Å². The molecule has 0 bridgehead atoms. The highest BCUT2D eigenvalue weighted by molar-refractivity contribution is 6.19. The maximum atomic E-state index is 12.6. The van der Waals surface area contributed by atoms with Gasteiger partial charge in [0.05, 0.1) is 12.2 Å². The molecule has 1 aromatic rings. The van der Waals surface area contributed by atoms with Gasteiger partial charge in [0.2, 0.25) is 0 Å². The van der Waals surface area contributed by atoms with Crippen molar-refractivity contribution in [3.63, 3.8) is 0 Å². The molecule has 6 heteroatoms. The van der Waals surface area contributed by atoms with E-state index in [4.69, 9.17) is 9.47 Å². The second-order valence-corrected chi connectivity index (χ2v) is 7.65. The SMILES string of the molecule is CCOC(=O)C1=C(C)Cc2c1c(C#CC(C)(O)C1CCOCC1)cn(C)c2=O. The lowest BCUT2D eigenvalue weighted by atomic mass is 9.83. The van der Waals surface area contributed by atoms with Crippen LogP contribution in [0.2, 0.25) is 0 Å². The lowest BCUT2D eigenvalue weighted by Crippen LogP contribution is -2.37. The topological polar surface area (TPSA) is 77.8 Å². The Balaban J connectivity index is 2.07. The van der Waals surface area contributed by atoms with E-state index in [1.807, 2.05) is 6.92 Å². The van der Waals surface area contributed by atoms with Crippen LogP contribution in [0.5, 0.6) is 0 Å². The van der Waals surface area contributed by atoms with E-state index in [1.165, 1.54) is 4.57 Å². The molecule has 1 unspecified atom stereocenters. The second-order valence-electron chi connectivity index (χ2n) is 7.65. The van der Waals surface area contributed by atoms with Gasteiger partial charge in [-0.15, -0.1) is 0 Å². The minimum absolute atomic E-state index is 0.0242. The molecule has 0 saturated carbocycles. The Bertz CT molecular complexity index is 936. The molecule has 0 aromatic carbocycles. The van der Waals surface area contributed by atoms with Gasteiger partial charge in [0.1, 0.15) is 5.60 Å². The predicted octanol–water partition coefficient (Wildman–Crippen LogP) is 1.81. The van der Waals surface area contributed by atoms with E-state index >= 15 is 0 Å². The number of fused-ring (bicyclic) bond motifs is 1. The van der Waals surface area contributed by atoms with Crippen molar-refractivity contribution in [1.82, 2.24) is 4.57 Å². The zero-order chi connectivity index (χ0) is 20.5. The first-order chi connectivity index (χ1) is 13.3. The second kappa shape index (κ2) is 7.94. The average molecular weight is 385 g/mol. The van der Waals surface area contributed by atoms with Crippen molar-refractivity contribution in [2.24, 2.45) is 13.0 Å². The molecule has 2 aliphatic rings. The van der Waals surface area contributed by atoms with Gasteiger partial charge in [-0.25, -0.2) is 4.79 Å². The number of pyridine rings is 1. The van der Waals surface area contributed by atoms with E-state index in [-0.39, 0.29) is 18.1 Å². The monoisotopic (exact) mass is 385 g/mol. The molecule has 1 atom stereocenters. The third-order valence-corrected chi connectivity index (χ3v) is 5.54. The molecule has 0 spiro atoms. The molecule has 1 aliphatic heterocycles. The third kappa shape index (κ3) is 3.78. The van der Waals surface area contributed by atoms with Gasteiger partial charge in [-0.05, 0) is 33.6 Å². The lowest BCUT2D eigenvalue weighted by molar-refractivity contribution is -0.136. The Morgan fingerprint density at radius 1 is 1.43 bits per heavy atom. The fourth-order valence-corrected chi connectivity index (χ4v) is 3.95. The van der Waals surface area contributed by atoms with Gasteiger partial charge in [0, 0.05) is 55.5 Å². The number of aromatic nitrogens is 1. The van der Waals surface area contributed by atoms with Gasteiger partial charge >= 0.3 is 5.97 Å². The van der Waals surface area contributed by atoms with Crippen LogP contribution in [0.3, 0.4) is 0 Å². The number of hydrogen-bond acceptors (Lipinski definition) is 5. The standard InChI is InChI=1S/C22H27NO5/c1-5-28-21(25)18-14(2)12-17-19(18)15(13-23(4)20(17)24)6-9-22(3,26)16-7-10-27-11-8-16/h13,16,26H,5,7-8,10-12H2,1-4H3. The van der Waals surface area contributed by atoms with Crippen molar-refractivity contribution in [3.05, 3.63) is 38.8 Å². The molecule has 3 rings (SSSR count). The fourth-order valence-electron chi connectivity index (χ4n) is 3.95. The number of aliphatic hydroxyl groups is 1. The maximum Gasteiger partial charge on any atom is 0.338 e. The molecule has 1 fully saturated rings. The van der Waals surface area contributed by atoms with Crippen molar-refractivity contribution in [2.45, 2.75) is 45.6 Å². The fraction of sp³-hybridized carbons (Fsp3) is 0.545. The largest absolute Gasteiger partial charge is 0.462 e. The molecule has 1 N–H and O–H groups in total. The summed E-state index contributed by atoms with van der Waals surface area (Å²) in [5, 5.41) is 10.9. The molecular weight excluding hydrogens is 358 g/mol. The van der Waals surface area contributed by atoms with E-state index in [1.54, 1.807) is 27.1 Å². The van der Waals surface area contributed by atoms with Crippen molar-refractivity contribution >= 4 is 11.5 Å². The van der Waals surface area contributed by atoms with E-state index < -0.39 is 11.6 Å². The average Bonchev–Trinajstić information content (AvgIpc) is 3.02. The number of aryl methyl sites for hydroxylation is 1. The van der Waals surface area contributed by atoms with E-state index in [0.29, 0.717) is 41.9 Å². The molecule has 2 heterocycles. The Labute approximate surface area is 165 Å².